The van der Waals surface area contributed by atoms with Crippen LogP contribution in [0.25, 0.3) is 0 Å². The van der Waals surface area contributed by atoms with E-state index in [1.54, 1.807) is 13.3 Å². The Morgan fingerprint density at radius 1 is 1.20 bits per heavy atom. The molecule has 0 saturated carbocycles. The molecule has 0 aliphatic heterocycles. The number of benzene rings is 1. The highest BCUT2D eigenvalue weighted by atomic mass is 16.5. The van der Waals surface area contributed by atoms with Crippen LogP contribution < -0.4 is 0 Å². The van der Waals surface area contributed by atoms with E-state index >= 15 is 0 Å². The van der Waals surface area contributed by atoms with Crippen molar-refractivity contribution in [1.29, 1.82) is 0 Å². The van der Waals surface area contributed by atoms with E-state index in [9.17, 15) is 4.79 Å². The fourth-order valence-electron chi connectivity index (χ4n) is 2.83. The van der Waals surface area contributed by atoms with Gasteiger partial charge in [0.05, 0.1) is 18.8 Å². The number of likely N-dealkylation sites (N-methyl/N-ethyl adjacent to an activating group) is 1. The van der Waals surface area contributed by atoms with E-state index in [-0.39, 0.29) is 11.9 Å². The van der Waals surface area contributed by atoms with Crippen LogP contribution in [0, 0.1) is 6.92 Å². The molecular formula is C20H27N3O2. The lowest BCUT2D eigenvalue weighted by Gasteiger charge is -2.31. The van der Waals surface area contributed by atoms with Gasteiger partial charge in [-0.1, -0.05) is 35.9 Å². The van der Waals surface area contributed by atoms with Crippen LogP contribution in [0.5, 0.6) is 0 Å². The largest absolute Gasteiger partial charge is 0.383 e. The van der Waals surface area contributed by atoms with Gasteiger partial charge >= 0.3 is 0 Å². The summed E-state index contributed by atoms with van der Waals surface area (Å²) >= 11 is 0. The van der Waals surface area contributed by atoms with E-state index in [4.69, 9.17) is 4.74 Å². The van der Waals surface area contributed by atoms with Gasteiger partial charge in [0.25, 0.3) is 0 Å². The molecule has 0 N–H and O–H groups in total. The number of aromatic nitrogens is 1. The van der Waals surface area contributed by atoms with Gasteiger partial charge in [-0.05, 0) is 38.7 Å². The number of pyridine rings is 1. The third kappa shape index (κ3) is 5.37. The highest BCUT2D eigenvalue weighted by molar-refractivity contribution is 5.83. The second-order valence-electron chi connectivity index (χ2n) is 6.35. The summed E-state index contributed by atoms with van der Waals surface area (Å²) in [6.45, 7) is 3.53. The molecule has 0 saturated heterocycles. The monoisotopic (exact) mass is 341 g/mol. The molecule has 1 amide bonds. The van der Waals surface area contributed by atoms with Gasteiger partial charge in [0.15, 0.2) is 0 Å². The Kier molecular flexibility index (Phi) is 7.10. The van der Waals surface area contributed by atoms with Crippen LogP contribution in [-0.4, -0.2) is 55.0 Å². The summed E-state index contributed by atoms with van der Waals surface area (Å²) in [6.07, 6.45) is 1.75. The van der Waals surface area contributed by atoms with Crippen molar-refractivity contribution in [3.05, 3.63) is 65.5 Å². The molecule has 1 aromatic heterocycles. The zero-order valence-corrected chi connectivity index (χ0v) is 15.5. The topological polar surface area (TPSA) is 45.7 Å². The van der Waals surface area contributed by atoms with Crippen LogP contribution in [0.15, 0.2) is 48.7 Å². The minimum Gasteiger partial charge on any atom is -0.383 e. The number of rotatable bonds is 8. The Balaban J connectivity index is 2.27. The molecular weight excluding hydrogens is 314 g/mol. The van der Waals surface area contributed by atoms with E-state index in [0.29, 0.717) is 19.7 Å². The van der Waals surface area contributed by atoms with E-state index in [1.807, 2.05) is 67.2 Å². The highest BCUT2D eigenvalue weighted by Gasteiger charge is 2.28. The van der Waals surface area contributed by atoms with Crippen LogP contribution >= 0.6 is 0 Å². The first-order chi connectivity index (χ1) is 12.0. The fraction of sp³-hybridized carbons (Fsp3) is 0.400. The number of amides is 1. The van der Waals surface area contributed by atoms with Crippen molar-refractivity contribution in [3.8, 4) is 0 Å². The molecule has 1 unspecified atom stereocenters. The molecule has 1 aromatic carbocycles. The van der Waals surface area contributed by atoms with E-state index < -0.39 is 0 Å². The highest BCUT2D eigenvalue weighted by Crippen LogP contribution is 2.22. The zero-order chi connectivity index (χ0) is 18.2. The minimum absolute atomic E-state index is 0.0540. The Bertz CT molecular complexity index is 674. The summed E-state index contributed by atoms with van der Waals surface area (Å²) in [7, 11) is 5.51. The third-order valence-corrected chi connectivity index (χ3v) is 4.06. The molecule has 5 heteroatoms. The number of ether oxygens (including phenoxy) is 1. The average Bonchev–Trinajstić information content (AvgIpc) is 2.59. The minimum atomic E-state index is -0.333. The van der Waals surface area contributed by atoms with Crippen molar-refractivity contribution in [2.24, 2.45) is 0 Å². The van der Waals surface area contributed by atoms with Crippen LogP contribution in [0.4, 0.5) is 0 Å². The first kappa shape index (κ1) is 19.1. The average molecular weight is 341 g/mol. The van der Waals surface area contributed by atoms with Crippen molar-refractivity contribution in [3.63, 3.8) is 0 Å². The maximum atomic E-state index is 13.3. The lowest BCUT2D eigenvalue weighted by molar-refractivity contribution is -0.137. The van der Waals surface area contributed by atoms with Crippen LogP contribution in [-0.2, 0) is 16.1 Å². The van der Waals surface area contributed by atoms with E-state index in [0.717, 1.165) is 16.8 Å². The first-order valence-corrected chi connectivity index (χ1v) is 8.43. The lowest BCUT2D eigenvalue weighted by Crippen LogP contribution is -2.41. The number of carbonyl (C=O) groups is 1. The van der Waals surface area contributed by atoms with E-state index in [1.165, 1.54) is 0 Å². The quantitative estimate of drug-likeness (QED) is 0.740. The van der Waals surface area contributed by atoms with Crippen LogP contribution in [0.3, 0.4) is 0 Å². The van der Waals surface area contributed by atoms with Gasteiger partial charge in [0, 0.05) is 19.9 Å². The van der Waals surface area contributed by atoms with Gasteiger partial charge < -0.3 is 9.64 Å². The van der Waals surface area contributed by atoms with Gasteiger partial charge in [-0.3, -0.25) is 14.7 Å². The molecule has 134 valence electrons. The zero-order valence-electron chi connectivity index (χ0n) is 15.5. The number of aryl methyl sites for hydroxylation is 1. The third-order valence-electron chi connectivity index (χ3n) is 4.06. The fourth-order valence-corrected chi connectivity index (χ4v) is 2.83. The van der Waals surface area contributed by atoms with Crippen molar-refractivity contribution in [2.75, 3.05) is 34.4 Å². The SMILES string of the molecule is COCCN(Cc1ccccn1)C(=O)C(c1cccc(C)c1)N(C)C. The number of hydrogen-bond acceptors (Lipinski definition) is 4. The summed E-state index contributed by atoms with van der Waals surface area (Å²) in [5.74, 6) is 0.0540. The Labute approximate surface area is 150 Å². The van der Waals surface area contributed by atoms with Crippen molar-refractivity contribution >= 4 is 5.91 Å². The molecule has 25 heavy (non-hydrogen) atoms. The number of methoxy groups -OCH3 is 1. The summed E-state index contributed by atoms with van der Waals surface area (Å²) < 4.78 is 5.20. The molecule has 0 aliphatic rings. The van der Waals surface area contributed by atoms with Gasteiger partial charge in [0.2, 0.25) is 5.91 Å². The summed E-state index contributed by atoms with van der Waals surface area (Å²) in [4.78, 5) is 21.4. The maximum absolute atomic E-state index is 13.3. The molecule has 0 radical (unpaired) electrons. The molecule has 0 spiro atoms. The number of hydrogen-bond donors (Lipinski definition) is 0. The standard InChI is InChI=1S/C20H27N3O2/c1-16-8-7-9-17(14-16)19(22(2)3)20(24)23(12-13-25-4)15-18-10-5-6-11-21-18/h5-11,14,19H,12-13,15H2,1-4H3. The van der Waals surface area contributed by atoms with Gasteiger partial charge in [-0.2, -0.15) is 0 Å². The Morgan fingerprint density at radius 3 is 2.60 bits per heavy atom. The van der Waals surface area contributed by atoms with Crippen LogP contribution in [0.1, 0.15) is 22.9 Å². The molecule has 2 rings (SSSR count). The summed E-state index contributed by atoms with van der Waals surface area (Å²) in [5.41, 5.74) is 3.01. The molecule has 1 heterocycles. The second kappa shape index (κ2) is 9.30. The molecule has 0 fully saturated rings. The number of nitrogens with zero attached hydrogens (tertiary/aromatic N) is 3. The smallest absolute Gasteiger partial charge is 0.244 e. The lowest BCUT2D eigenvalue weighted by atomic mass is 10.0. The predicted molar refractivity (Wildman–Crippen MR) is 99.1 cm³/mol. The van der Waals surface area contributed by atoms with Gasteiger partial charge in [-0.15, -0.1) is 0 Å². The Hall–Kier alpha value is -2.24. The molecule has 0 bridgehead atoms. The second-order valence-corrected chi connectivity index (χ2v) is 6.35. The summed E-state index contributed by atoms with van der Waals surface area (Å²) in [6, 6.07) is 13.5. The van der Waals surface area contributed by atoms with Crippen molar-refractivity contribution in [1.82, 2.24) is 14.8 Å². The van der Waals surface area contributed by atoms with Crippen LogP contribution in [0.2, 0.25) is 0 Å². The van der Waals surface area contributed by atoms with Gasteiger partial charge in [-0.25, -0.2) is 0 Å². The summed E-state index contributed by atoms with van der Waals surface area (Å²) in [5, 5.41) is 0. The van der Waals surface area contributed by atoms with Crippen molar-refractivity contribution < 1.29 is 9.53 Å². The number of carbonyl (C=O) groups excluding carboxylic acids is 1. The predicted octanol–water partition coefficient (Wildman–Crippen LogP) is 2.67. The Morgan fingerprint density at radius 2 is 2.00 bits per heavy atom. The molecule has 0 aliphatic carbocycles. The van der Waals surface area contributed by atoms with Gasteiger partial charge in [0.1, 0.15) is 6.04 Å². The first-order valence-electron chi connectivity index (χ1n) is 8.43. The maximum Gasteiger partial charge on any atom is 0.244 e. The van der Waals surface area contributed by atoms with E-state index in [2.05, 4.69) is 11.1 Å². The molecule has 2 aromatic rings. The normalized spacial score (nSPS) is 12.2. The van der Waals surface area contributed by atoms with Crippen molar-refractivity contribution in [2.45, 2.75) is 19.5 Å². The molecule has 5 nitrogen and oxygen atoms in total. The molecule has 1 atom stereocenters.